The second-order valence-corrected chi connectivity index (χ2v) is 2.90. The maximum absolute atomic E-state index is 4.18. The minimum Gasteiger partial charge on any atom is -0.348 e. The number of hydrogen-bond donors (Lipinski definition) is 2. The second kappa shape index (κ2) is 3.35. The van der Waals surface area contributed by atoms with E-state index in [9.17, 15) is 0 Å². The summed E-state index contributed by atoms with van der Waals surface area (Å²) in [5, 5.41) is 0. The number of nitrogens with one attached hydrogen (secondary N) is 2. The van der Waals surface area contributed by atoms with Gasteiger partial charge in [-0.2, -0.15) is 0 Å². The molecule has 0 fully saturated rings. The van der Waals surface area contributed by atoms with Crippen molar-refractivity contribution in [3.63, 3.8) is 0 Å². The molecule has 2 aromatic rings. The van der Waals surface area contributed by atoms with Gasteiger partial charge in [-0.15, -0.1) is 0 Å². The van der Waals surface area contributed by atoms with Gasteiger partial charge in [0.2, 0.25) is 0 Å². The maximum Gasteiger partial charge on any atom is 0.0925 e. The third-order valence-electron chi connectivity index (χ3n) is 1.97. The maximum atomic E-state index is 4.18. The molecular weight excluding hydrogens is 164 g/mol. The molecular formula is C9H12N4. The van der Waals surface area contributed by atoms with Crippen LogP contribution in [0.25, 0.3) is 0 Å². The fourth-order valence-corrected chi connectivity index (χ4v) is 1.17. The van der Waals surface area contributed by atoms with Crippen LogP contribution < -0.4 is 5.43 Å². The molecule has 0 atom stereocenters. The first kappa shape index (κ1) is 7.91. The number of nitrogens with zero attached hydrogens (tertiary/aromatic N) is 2. The van der Waals surface area contributed by atoms with Gasteiger partial charge in [0.25, 0.3) is 0 Å². The Hall–Kier alpha value is -1.71. The van der Waals surface area contributed by atoms with Crippen molar-refractivity contribution in [2.45, 2.75) is 13.5 Å². The van der Waals surface area contributed by atoms with Crippen molar-refractivity contribution in [1.82, 2.24) is 14.6 Å². The molecule has 2 rings (SSSR count). The van der Waals surface area contributed by atoms with Crippen LogP contribution in [0.1, 0.15) is 11.4 Å². The average Bonchev–Trinajstić information content (AvgIpc) is 2.72. The SMILES string of the molecule is Cc1[nH]cnc1CNn1cccc1. The van der Waals surface area contributed by atoms with E-state index in [1.807, 2.05) is 36.1 Å². The summed E-state index contributed by atoms with van der Waals surface area (Å²) in [4.78, 5) is 7.22. The first-order chi connectivity index (χ1) is 6.36. The van der Waals surface area contributed by atoms with E-state index in [0.717, 1.165) is 17.9 Å². The molecule has 0 saturated heterocycles. The first-order valence-electron chi connectivity index (χ1n) is 4.22. The van der Waals surface area contributed by atoms with Crippen molar-refractivity contribution < 1.29 is 0 Å². The Morgan fingerprint density at radius 3 is 2.85 bits per heavy atom. The number of rotatable bonds is 3. The van der Waals surface area contributed by atoms with Gasteiger partial charge in [0.1, 0.15) is 0 Å². The summed E-state index contributed by atoms with van der Waals surface area (Å²) in [5.41, 5.74) is 5.36. The van der Waals surface area contributed by atoms with Crippen LogP contribution in [-0.4, -0.2) is 14.6 Å². The van der Waals surface area contributed by atoms with E-state index in [1.165, 1.54) is 0 Å². The standard InChI is InChI=1S/C9H12N4/c1-8-9(11-7-10-8)6-12-13-4-2-3-5-13/h2-5,7,12H,6H2,1H3,(H,10,11). The lowest BCUT2D eigenvalue weighted by Crippen LogP contribution is -2.12. The summed E-state index contributed by atoms with van der Waals surface area (Å²) < 4.78 is 1.91. The summed E-state index contributed by atoms with van der Waals surface area (Å²) in [6.45, 7) is 2.75. The predicted octanol–water partition coefficient (Wildman–Crippen LogP) is 1.26. The number of hydrogen-bond acceptors (Lipinski definition) is 2. The van der Waals surface area contributed by atoms with E-state index in [-0.39, 0.29) is 0 Å². The lowest BCUT2D eigenvalue weighted by Gasteiger charge is -2.05. The van der Waals surface area contributed by atoms with Crippen LogP contribution >= 0.6 is 0 Å². The fraction of sp³-hybridized carbons (Fsp3) is 0.222. The zero-order valence-corrected chi connectivity index (χ0v) is 7.49. The number of aromatic nitrogens is 3. The molecule has 4 heteroatoms. The zero-order chi connectivity index (χ0) is 9.10. The van der Waals surface area contributed by atoms with Crippen LogP contribution in [0.2, 0.25) is 0 Å². The van der Waals surface area contributed by atoms with E-state index in [1.54, 1.807) is 6.33 Å². The highest BCUT2D eigenvalue weighted by atomic mass is 15.4. The molecule has 68 valence electrons. The van der Waals surface area contributed by atoms with Gasteiger partial charge >= 0.3 is 0 Å². The molecule has 0 aliphatic rings. The number of H-pyrrole nitrogens is 1. The molecule has 0 aliphatic carbocycles. The molecule has 2 heterocycles. The molecule has 0 saturated carbocycles. The van der Waals surface area contributed by atoms with Crippen LogP contribution in [0.4, 0.5) is 0 Å². The highest BCUT2D eigenvalue weighted by Crippen LogP contribution is 2.00. The summed E-state index contributed by atoms with van der Waals surface area (Å²) in [5.74, 6) is 0. The van der Waals surface area contributed by atoms with Gasteiger partial charge in [0.15, 0.2) is 0 Å². The van der Waals surface area contributed by atoms with E-state index < -0.39 is 0 Å². The lowest BCUT2D eigenvalue weighted by molar-refractivity contribution is 0.829. The van der Waals surface area contributed by atoms with Crippen LogP contribution in [0.3, 0.4) is 0 Å². The second-order valence-electron chi connectivity index (χ2n) is 2.90. The molecule has 0 radical (unpaired) electrons. The van der Waals surface area contributed by atoms with Crippen molar-refractivity contribution in [3.8, 4) is 0 Å². The third kappa shape index (κ3) is 1.72. The van der Waals surface area contributed by atoms with E-state index >= 15 is 0 Å². The summed E-state index contributed by atoms with van der Waals surface area (Å²) in [6, 6.07) is 3.95. The summed E-state index contributed by atoms with van der Waals surface area (Å²) in [6.07, 6.45) is 5.63. The predicted molar refractivity (Wildman–Crippen MR) is 50.8 cm³/mol. The van der Waals surface area contributed by atoms with E-state index in [2.05, 4.69) is 15.4 Å². The Kier molecular flexibility index (Phi) is 2.04. The van der Waals surface area contributed by atoms with Crippen LogP contribution in [-0.2, 0) is 6.54 Å². The topological polar surface area (TPSA) is 45.6 Å². The normalized spacial score (nSPS) is 10.2. The highest BCUT2D eigenvalue weighted by Gasteiger charge is 1.98. The van der Waals surface area contributed by atoms with Crippen LogP contribution in [0.15, 0.2) is 30.9 Å². The molecule has 0 unspecified atom stereocenters. The Balaban J connectivity index is 1.97. The molecule has 13 heavy (non-hydrogen) atoms. The van der Waals surface area contributed by atoms with Crippen LogP contribution in [0, 0.1) is 6.92 Å². The minimum absolute atomic E-state index is 0.740. The fourth-order valence-electron chi connectivity index (χ4n) is 1.17. The molecule has 2 aromatic heterocycles. The Morgan fingerprint density at radius 1 is 1.46 bits per heavy atom. The van der Waals surface area contributed by atoms with Crippen molar-refractivity contribution in [2.24, 2.45) is 0 Å². The van der Waals surface area contributed by atoms with Crippen molar-refractivity contribution in [3.05, 3.63) is 42.2 Å². The van der Waals surface area contributed by atoms with Crippen molar-refractivity contribution in [1.29, 1.82) is 0 Å². The van der Waals surface area contributed by atoms with Gasteiger partial charge in [-0.3, -0.25) is 4.68 Å². The smallest absolute Gasteiger partial charge is 0.0925 e. The lowest BCUT2D eigenvalue weighted by atomic mass is 10.3. The van der Waals surface area contributed by atoms with Gasteiger partial charge in [0.05, 0.1) is 18.6 Å². The van der Waals surface area contributed by atoms with Crippen molar-refractivity contribution in [2.75, 3.05) is 5.43 Å². The zero-order valence-electron chi connectivity index (χ0n) is 7.49. The molecule has 0 aromatic carbocycles. The average molecular weight is 176 g/mol. The highest BCUT2D eigenvalue weighted by molar-refractivity contribution is 5.10. The van der Waals surface area contributed by atoms with Gasteiger partial charge in [-0.25, -0.2) is 4.98 Å². The molecule has 0 amide bonds. The summed E-state index contributed by atoms with van der Waals surface area (Å²) >= 11 is 0. The van der Waals surface area contributed by atoms with Gasteiger partial charge in [-0.1, -0.05) is 0 Å². The number of aromatic amines is 1. The largest absolute Gasteiger partial charge is 0.348 e. The first-order valence-corrected chi connectivity index (χ1v) is 4.22. The van der Waals surface area contributed by atoms with Gasteiger partial charge in [0, 0.05) is 18.1 Å². The molecule has 2 N–H and O–H groups in total. The molecule has 4 nitrogen and oxygen atoms in total. The summed E-state index contributed by atoms with van der Waals surface area (Å²) in [7, 11) is 0. The molecule has 0 aliphatic heterocycles. The number of imidazole rings is 1. The van der Waals surface area contributed by atoms with Gasteiger partial charge in [-0.05, 0) is 19.1 Å². The quantitative estimate of drug-likeness (QED) is 0.739. The van der Waals surface area contributed by atoms with Crippen molar-refractivity contribution >= 4 is 0 Å². The molecule has 0 spiro atoms. The molecule has 0 bridgehead atoms. The third-order valence-corrected chi connectivity index (χ3v) is 1.97. The van der Waals surface area contributed by atoms with Crippen LogP contribution in [0.5, 0.6) is 0 Å². The Labute approximate surface area is 76.6 Å². The Bertz CT molecular complexity index is 361. The van der Waals surface area contributed by atoms with E-state index in [4.69, 9.17) is 0 Å². The number of aryl methyl sites for hydroxylation is 1. The minimum atomic E-state index is 0.740. The Morgan fingerprint density at radius 2 is 2.23 bits per heavy atom. The van der Waals surface area contributed by atoms with Gasteiger partial charge < -0.3 is 10.4 Å². The monoisotopic (exact) mass is 176 g/mol. The van der Waals surface area contributed by atoms with E-state index in [0.29, 0.717) is 0 Å².